The standard InChI is InChI=1S/C93H135N3O10/c1-5-7-9-11-13-15-17-19-20-21-22-23-24-25-26-27-28-30-32-34-48-58-83-68-96(95-94-83)86(89(101-74-82-62-66-85(98-4)67-63-82)87(100-70-81-60-64-84(97-3)65-61-81)59-49-35-33-31-29-18-16-14-12-10-8-6-2)75-105-93-92(104-73-80-56-46-39-47-57-80)91(103-72-79-54-44-38-45-55-79)90(102-71-78-52-42-37-43-53-78)88(106-93)76-99-69-77-50-40-36-41-51-77/h36-47,50-57,60-68,86-93H,5-35,48-49,58-59,69-76H2,1-4H3/t86-,87+,88+,89-,90-,91-,92+,93-/m0/s1. The molecule has 1 fully saturated rings. The molecule has 106 heavy (non-hydrogen) atoms. The van der Waals surface area contributed by atoms with Crippen LogP contribution in [0.2, 0.25) is 0 Å². The predicted octanol–water partition coefficient (Wildman–Crippen LogP) is 23.6. The highest BCUT2D eigenvalue weighted by molar-refractivity contribution is 5.28. The second kappa shape index (κ2) is 54.4. The Morgan fingerprint density at radius 1 is 0.368 bits per heavy atom. The molecule has 13 heteroatoms. The highest BCUT2D eigenvalue weighted by Gasteiger charge is 2.50. The molecule has 0 unspecified atom stereocenters. The largest absolute Gasteiger partial charge is 0.497 e. The molecule has 2 heterocycles. The van der Waals surface area contributed by atoms with Crippen molar-refractivity contribution in [3.8, 4) is 11.5 Å². The topological polar surface area (TPSA) is 123 Å². The summed E-state index contributed by atoms with van der Waals surface area (Å²) in [5.41, 5.74) is 7.08. The van der Waals surface area contributed by atoms with Crippen LogP contribution in [0.1, 0.15) is 277 Å². The first-order valence-electron chi connectivity index (χ1n) is 41.7. The zero-order valence-electron chi connectivity index (χ0n) is 65.7. The van der Waals surface area contributed by atoms with Gasteiger partial charge in [0, 0.05) is 6.20 Å². The molecule has 0 amide bonds. The van der Waals surface area contributed by atoms with E-state index in [0.29, 0.717) is 33.0 Å². The first kappa shape index (κ1) is 85.3. The van der Waals surface area contributed by atoms with E-state index in [2.05, 4.69) is 92.8 Å². The van der Waals surface area contributed by atoms with E-state index in [-0.39, 0.29) is 19.8 Å². The minimum Gasteiger partial charge on any atom is -0.497 e. The van der Waals surface area contributed by atoms with Crippen LogP contribution in [0.3, 0.4) is 0 Å². The minimum atomic E-state index is -0.992. The SMILES string of the molecule is CCCCCCCCCCCCCCCCCCCCCCCc1cn([C@@H](CO[C@H]2O[C@H](COCc3ccccc3)[C@H](OCc3ccccc3)[C@H](OCc3ccccc3)[C@H]2OCc2ccccc2)[C@H](OCc2ccc(OC)cc2)[C@@H](CCCCCCCCCCCCCC)OCc2ccc(OC)cc2)nn1. The molecule has 0 spiro atoms. The molecule has 0 bridgehead atoms. The van der Waals surface area contributed by atoms with Gasteiger partial charge in [-0.25, -0.2) is 4.68 Å². The van der Waals surface area contributed by atoms with Gasteiger partial charge in [-0.15, -0.1) is 5.10 Å². The molecule has 1 aliphatic heterocycles. The van der Waals surface area contributed by atoms with E-state index >= 15 is 0 Å². The van der Waals surface area contributed by atoms with Crippen LogP contribution in [-0.2, 0) is 84.0 Å². The lowest BCUT2D eigenvalue weighted by Crippen LogP contribution is -2.62. The Hall–Kier alpha value is -6.26. The fourth-order valence-electron chi connectivity index (χ4n) is 14.6. The number of hydrogen-bond acceptors (Lipinski definition) is 12. The van der Waals surface area contributed by atoms with Gasteiger partial charge in [-0.2, -0.15) is 0 Å². The molecule has 8 atom stereocenters. The summed E-state index contributed by atoms with van der Waals surface area (Å²) in [6, 6.07) is 56.8. The molecular formula is C93H135N3O10. The number of ether oxygens (including phenoxy) is 10. The third-order valence-corrected chi connectivity index (χ3v) is 21.0. The molecule has 1 aliphatic rings. The lowest BCUT2D eigenvalue weighted by molar-refractivity contribution is -0.331. The maximum atomic E-state index is 7.53. The lowest BCUT2D eigenvalue weighted by atomic mass is 9.97. The second-order valence-corrected chi connectivity index (χ2v) is 29.7. The zero-order chi connectivity index (χ0) is 73.8. The summed E-state index contributed by atoms with van der Waals surface area (Å²) in [6.45, 7) is 6.78. The van der Waals surface area contributed by atoms with E-state index < -0.39 is 49.0 Å². The van der Waals surface area contributed by atoms with E-state index in [1.807, 2.05) is 102 Å². The van der Waals surface area contributed by atoms with Crippen LogP contribution in [0.4, 0.5) is 0 Å². The van der Waals surface area contributed by atoms with Crippen molar-refractivity contribution in [1.29, 1.82) is 0 Å². The van der Waals surface area contributed by atoms with Crippen molar-refractivity contribution in [2.45, 2.75) is 327 Å². The average Bonchev–Trinajstić information content (AvgIpc) is 1.14. The van der Waals surface area contributed by atoms with E-state index in [1.54, 1.807) is 14.2 Å². The van der Waals surface area contributed by atoms with Gasteiger partial charge in [0.2, 0.25) is 0 Å². The smallest absolute Gasteiger partial charge is 0.187 e. The summed E-state index contributed by atoms with van der Waals surface area (Å²) < 4.78 is 71.2. The van der Waals surface area contributed by atoms with Gasteiger partial charge in [0.15, 0.2) is 6.29 Å². The molecule has 0 radical (unpaired) electrons. The molecular weight excluding hydrogens is 1320 g/mol. The first-order valence-corrected chi connectivity index (χ1v) is 41.7. The molecule has 582 valence electrons. The summed E-state index contributed by atoms with van der Waals surface area (Å²) in [5, 5.41) is 10.1. The number of nitrogens with zero attached hydrogens (tertiary/aromatic N) is 3. The van der Waals surface area contributed by atoms with Crippen LogP contribution < -0.4 is 9.47 Å². The van der Waals surface area contributed by atoms with Gasteiger partial charge in [0.1, 0.15) is 48.1 Å². The van der Waals surface area contributed by atoms with Gasteiger partial charge >= 0.3 is 0 Å². The van der Waals surface area contributed by atoms with E-state index in [4.69, 9.17) is 57.7 Å². The molecule has 8 rings (SSSR count). The van der Waals surface area contributed by atoms with Crippen LogP contribution in [0, 0.1) is 0 Å². The van der Waals surface area contributed by atoms with Crippen molar-refractivity contribution in [2.75, 3.05) is 27.4 Å². The monoisotopic (exact) mass is 1450 g/mol. The Kier molecular flexibility index (Phi) is 43.8. The Labute approximate surface area is 640 Å². The Balaban J connectivity index is 1.05. The summed E-state index contributed by atoms with van der Waals surface area (Å²) in [6.07, 6.45) is 42.3. The Morgan fingerprint density at radius 3 is 1.16 bits per heavy atom. The maximum Gasteiger partial charge on any atom is 0.187 e. The highest BCUT2D eigenvalue weighted by Crippen LogP contribution is 2.35. The Bertz CT molecular complexity index is 3200. The second-order valence-electron chi connectivity index (χ2n) is 29.7. The Morgan fingerprint density at radius 2 is 0.736 bits per heavy atom. The molecule has 6 aromatic carbocycles. The summed E-state index contributed by atoms with van der Waals surface area (Å²) in [5.74, 6) is 1.58. The number of rotatable bonds is 62. The summed E-state index contributed by atoms with van der Waals surface area (Å²) >= 11 is 0. The van der Waals surface area contributed by atoms with Crippen LogP contribution >= 0.6 is 0 Å². The molecule has 13 nitrogen and oxygen atoms in total. The van der Waals surface area contributed by atoms with Crippen molar-refractivity contribution < 1.29 is 47.4 Å². The van der Waals surface area contributed by atoms with E-state index in [9.17, 15) is 0 Å². The summed E-state index contributed by atoms with van der Waals surface area (Å²) in [4.78, 5) is 0. The van der Waals surface area contributed by atoms with Crippen molar-refractivity contribution in [1.82, 2.24) is 15.0 Å². The fraction of sp³-hybridized carbons (Fsp3) is 0.591. The number of aromatic nitrogens is 3. The van der Waals surface area contributed by atoms with Crippen molar-refractivity contribution in [2.24, 2.45) is 0 Å². The maximum absolute atomic E-state index is 7.53. The van der Waals surface area contributed by atoms with Gasteiger partial charge in [0.05, 0.1) is 78.9 Å². The zero-order valence-corrected chi connectivity index (χ0v) is 65.7. The van der Waals surface area contributed by atoms with Gasteiger partial charge < -0.3 is 47.4 Å². The minimum absolute atomic E-state index is 0.0880. The lowest BCUT2D eigenvalue weighted by Gasteiger charge is -2.46. The molecule has 1 saturated heterocycles. The molecule has 0 saturated carbocycles. The van der Waals surface area contributed by atoms with Crippen molar-refractivity contribution >= 4 is 0 Å². The van der Waals surface area contributed by atoms with Crippen molar-refractivity contribution in [3.05, 3.63) is 215 Å². The fourth-order valence-corrected chi connectivity index (χ4v) is 14.6. The number of hydrogen-bond donors (Lipinski definition) is 0. The number of benzene rings is 6. The summed E-state index contributed by atoms with van der Waals surface area (Å²) in [7, 11) is 3.40. The molecule has 7 aromatic rings. The van der Waals surface area contributed by atoms with Gasteiger partial charge in [0.25, 0.3) is 0 Å². The molecule has 1 aromatic heterocycles. The average molecular weight is 1460 g/mol. The number of unbranched alkanes of at least 4 members (excludes halogenated alkanes) is 31. The van der Waals surface area contributed by atoms with Crippen molar-refractivity contribution in [3.63, 3.8) is 0 Å². The van der Waals surface area contributed by atoms with Gasteiger partial charge in [-0.05, 0) is 76.9 Å². The van der Waals surface area contributed by atoms with Gasteiger partial charge in [-0.1, -0.05) is 370 Å². The molecule has 0 aliphatic carbocycles. The first-order chi connectivity index (χ1) is 52.5. The molecule has 0 N–H and O–H groups in total. The van der Waals surface area contributed by atoms with Crippen LogP contribution in [-0.4, -0.2) is 85.3 Å². The van der Waals surface area contributed by atoms with Crippen LogP contribution in [0.5, 0.6) is 11.5 Å². The van der Waals surface area contributed by atoms with Crippen LogP contribution in [0.15, 0.2) is 176 Å². The highest BCUT2D eigenvalue weighted by atomic mass is 16.7. The quantitative estimate of drug-likeness (QED) is 0.0337. The van der Waals surface area contributed by atoms with E-state index in [1.165, 1.54) is 186 Å². The number of aryl methyl sites for hydroxylation is 1. The third-order valence-electron chi connectivity index (χ3n) is 21.0. The normalized spacial score (nSPS) is 16.8. The number of methoxy groups -OCH3 is 2. The van der Waals surface area contributed by atoms with E-state index in [0.717, 1.165) is 89.1 Å². The van der Waals surface area contributed by atoms with Gasteiger partial charge in [-0.3, -0.25) is 0 Å². The van der Waals surface area contributed by atoms with Crippen LogP contribution in [0.25, 0.3) is 0 Å². The predicted molar refractivity (Wildman–Crippen MR) is 430 cm³/mol. The third kappa shape index (κ3) is 34.1.